The van der Waals surface area contributed by atoms with E-state index in [1.807, 2.05) is 23.9 Å². The highest BCUT2D eigenvalue weighted by Crippen LogP contribution is 2.17. The molecule has 0 fully saturated rings. The van der Waals surface area contributed by atoms with E-state index >= 15 is 0 Å². The van der Waals surface area contributed by atoms with Crippen LogP contribution in [0.4, 0.5) is 0 Å². The first kappa shape index (κ1) is 15.1. The molecule has 1 heterocycles. The van der Waals surface area contributed by atoms with Crippen LogP contribution in [0.3, 0.4) is 0 Å². The molecule has 2 unspecified atom stereocenters. The summed E-state index contributed by atoms with van der Waals surface area (Å²) in [5.74, 6) is 0. The molecule has 3 nitrogen and oxygen atoms in total. The number of aromatic nitrogens is 2. The lowest BCUT2D eigenvalue weighted by molar-refractivity contribution is 0.476. The molecule has 0 aliphatic heterocycles. The minimum absolute atomic E-state index is 0.297. The molecule has 108 valence electrons. The summed E-state index contributed by atoms with van der Waals surface area (Å²) < 4.78 is 1.87. The van der Waals surface area contributed by atoms with Crippen molar-refractivity contribution in [3.8, 4) is 0 Å². The van der Waals surface area contributed by atoms with Crippen molar-refractivity contribution in [1.29, 1.82) is 0 Å². The predicted molar refractivity (Wildman–Crippen MR) is 84.1 cm³/mol. The zero-order chi connectivity index (χ0) is 14.7. The minimum atomic E-state index is 0.297. The maximum absolute atomic E-state index is 5.91. The SMILES string of the molecule is Cc1nn(C)cc1C(C)NC(C)Cc1ccc(Cl)cc1. The molecule has 2 atom stereocenters. The van der Waals surface area contributed by atoms with Crippen LogP contribution in [0.1, 0.15) is 36.7 Å². The molecule has 0 aliphatic carbocycles. The van der Waals surface area contributed by atoms with Crippen LogP contribution in [-0.4, -0.2) is 15.8 Å². The van der Waals surface area contributed by atoms with E-state index in [4.69, 9.17) is 11.6 Å². The van der Waals surface area contributed by atoms with E-state index in [1.165, 1.54) is 11.1 Å². The van der Waals surface area contributed by atoms with Crippen molar-refractivity contribution in [3.63, 3.8) is 0 Å². The van der Waals surface area contributed by atoms with E-state index in [-0.39, 0.29) is 0 Å². The molecule has 0 spiro atoms. The normalized spacial score (nSPS) is 14.2. The minimum Gasteiger partial charge on any atom is -0.307 e. The van der Waals surface area contributed by atoms with Gasteiger partial charge in [-0.25, -0.2) is 0 Å². The highest BCUT2D eigenvalue weighted by Gasteiger charge is 2.14. The van der Waals surface area contributed by atoms with Gasteiger partial charge in [0.05, 0.1) is 5.69 Å². The van der Waals surface area contributed by atoms with Crippen LogP contribution < -0.4 is 5.32 Å². The van der Waals surface area contributed by atoms with Gasteiger partial charge in [-0.05, 0) is 44.9 Å². The molecule has 0 aliphatic rings. The Hall–Kier alpha value is -1.32. The van der Waals surface area contributed by atoms with Crippen LogP contribution in [-0.2, 0) is 13.5 Å². The largest absolute Gasteiger partial charge is 0.307 e. The number of aryl methyl sites for hydroxylation is 2. The van der Waals surface area contributed by atoms with Crippen LogP contribution in [0.15, 0.2) is 30.5 Å². The number of halogens is 1. The third-order valence-corrected chi connectivity index (χ3v) is 3.76. The van der Waals surface area contributed by atoms with Gasteiger partial charge in [-0.15, -0.1) is 0 Å². The first-order chi connectivity index (χ1) is 9.45. The van der Waals surface area contributed by atoms with E-state index < -0.39 is 0 Å². The standard InChI is InChI=1S/C16H22ClN3/c1-11(9-14-5-7-15(17)8-6-14)18-12(2)16-10-20(4)19-13(16)3/h5-8,10-12,18H,9H2,1-4H3. The molecule has 0 amide bonds. The van der Waals surface area contributed by atoms with Crippen molar-refractivity contribution in [2.24, 2.45) is 7.05 Å². The van der Waals surface area contributed by atoms with Crippen molar-refractivity contribution in [1.82, 2.24) is 15.1 Å². The van der Waals surface area contributed by atoms with Crippen LogP contribution >= 0.6 is 11.6 Å². The molecule has 4 heteroatoms. The maximum atomic E-state index is 5.91. The second-order valence-corrected chi connectivity index (χ2v) is 5.90. The van der Waals surface area contributed by atoms with Gasteiger partial charge in [-0.1, -0.05) is 23.7 Å². The Morgan fingerprint density at radius 1 is 1.25 bits per heavy atom. The summed E-state index contributed by atoms with van der Waals surface area (Å²) in [5.41, 5.74) is 3.64. The van der Waals surface area contributed by atoms with Gasteiger partial charge in [0.25, 0.3) is 0 Å². The number of hydrogen-bond acceptors (Lipinski definition) is 2. The number of rotatable bonds is 5. The lowest BCUT2D eigenvalue weighted by atomic mass is 10.0. The molecule has 0 saturated carbocycles. The number of benzene rings is 1. The van der Waals surface area contributed by atoms with Gasteiger partial charge in [-0.3, -0.25) is 4.68 Å². The third kappa shape index (κ3) is 3.84. The Balaban J connectivity index is 1.95. The molecule has 1 aromatic heterocycles. The summed E-state index contributed by atoms with van der Waals surface area (Å²) in [6.07, 6.45) is 3.07. The van der Waals surface area contributed by atoms with Crippen molar-refractivity contribution >= 4 is 11.6 Å². The Morgan fingerprint density at radius 2 is 1.90 bits per heavy atom. The van der Waals surface area contributed by atoms with Crippen LogP contribution in [0.5, 0.6) is 0 Å². The van der Waals surface area contributed by atoms with Crippen LogP contribution in [0.25, 0.3) is 0 Å². The van der Waals surface area contributed by atoms with Crippen molar-refractivity contribution in [3.05, 3.63) is 52.3 Å². The molecule has 1 aromatic carbocycles. The maximum Gasteiger partial charge on any atom is 0.0641 e. The Morgan fingerprint density at radius 3 is 2.45 bits per heavy atom. The third-order valence-electron chi connectivity index (χ3n) is 3.51. The van der Waals surface area contributed by atoms with E-state index in [0.29, 0.717) is 12.1 Å². The van der Waals surface area contributed by atoms with Gasteiger partial charge in [0.2, 0.25) is 0 Å². The highest BCUT2D eigenvalue weighted by atomic mass is 35.5. The molecule has 0 bridgehead atoms. The average Bonchev–Trinajstić information content (AvgIpc) is 2.71. The van der Waals surface area contributed by atoms with Crippen LogP contribution in [0.2, 0.25) is 5.02 Å². The Bertz CT molecular complexity index is 560. The van der Waals surface area contributed by atoms with Crippen molar-refractivity contribution in [2.45, 2.75) is 39.3 Å². The molecule has 20 heavy (non-hydrogen) atoms. The summed E-state index contributed by atoms with van der Waals surface area (Å²) >= 11 is 5.91. The van der Waals surface area contributed by atoms with E-state index in [9.17, 15) is 0 Å². The molecular weight excluding hydrogens is 270 g/mol. The number of hydrogen-bond donors (Lipinski definition) is 1. The van der Waals surface area contributed by atoms with E-state index in [2.05, 4.69) is 49.5 Å². The molecule has 2 rings (SSSR count). The fourth-order valence-corrected chi connectivity index (χ4v) is 2.72. The fourth-order valence-electron chi connectivity index (χ4n) is 2.59. The Labute approximate surface area is 126 Å². The van der Waals surface area contributed by atoms with E-state index in [1.54, 1.807) is 0 Å². The zero-order valence-electron chi connectivity index (χ0n) is 12.5. The van der Waals surface area contributed by atoms with Gasteiger partial charge in [-0.2, -0.15) is 5.10 Å². The number of nitrogens with one attached hydrogen (secondary N) is 1. The molecule has 1 N–H and O–H groups in total. The molecule has 0 saturated heterocycles. The number of nitrogens with zero attached hydrogens (tertiary/aromatic N) is 2. The quantitative estimate of drug-likeness (QED) is 0.911. The van der Waals surface area contributed by atoms with Gasteiger partial charge < -0.3 is 5.32 Å². The fraction of sp³-hybridized carbons (Fsp3) is 0.438. The van der Waals surface area contributed by atoms with Gasteiger partial charge in [0.1, 0.15) is 0 Å². The second-order valence-electron chi connectivity index (χ2n) is 5.46. The monoisotopic (exact) mass is 291 g/mol. The van der Waals surface area contributed by atoms with Gasteiger partial charge in [0.15, 0.2) is 0 Å². The average molecular weight is 292 g/mol. The summed E-state index contributed by atoms with van der Waals surface area (Å²) in [7, 11) is 1.96. The van der Waals surface area contributed by atoms with Crippen LogP contribution in [0, 0.1) is 6.92 Å². The van der Waals surface area contributed by atoms with Crippen molar-refractivity contribution < 1.29 is 0 Å². The first-order valence-corrected chi connectivity index (χ1v) is 7.34. The molecular formula is C16H22ClN3. The zero-order valence-corrected chi connectivity index (χ0v) is 13.3. The summed E-state index contributed by atoms with van der Waals surface area (Å²) in [6, 6.07) is 8.74. The summed E-state index contributed by atoms with van der Waals surface area (Å²) in [6.45, 7) is 6.44. The predicted octanol–water partition coefficient (Wildman–Crippen LogP) is 3.66. The topological polar surface area (TPSA) is 29.9 Å². The lowest BCUT2D eigenvalue weighted by Crippen LogP contribution is -2.30. The smallest absolute Gasteiger partial charge is 0.0641 e. The van der Waals surface area contributed by atoms with E-state index in [0.717, 1.165) is 17.1 Å². The summed E-state index contributed by atoms with van der Waals surface area (Å²) in [4.78, 5) is 0. The second kappa shape index (κ2) is 6.42. The molecule has 0 radical (unpaired) electrons. The highest BCUT2D eigenvalue weighted by molar-refractivity contribution is 6.30. The summed E-state index contributed by atoms with van der Waals surface area (Å²) in [5, 5.41) is 8.81. The van der Waals surface area contributed by atoms with Crippen molar-refractivity contribution in [2.75, 3.05) is 0 Å². The van der Waals surface area contributed by atoms with Gasteiger partial charge in [0, 0.05) is 35.9 Å². The Kier molecular flexibility index (Phi) is 4.84. The molecule has 2 aromatic rings. The lowest BCUT2D eigenvalue weighted by Gasteiger charge is -2.20. The first-order valence-electron chi connectivity index (χ1n) is 6.96. The van der Waals surface area contributed by atoms with Gasteiger partial charge >= 0.3 is 0 Å².